The van der Waals surface area contributed by atoms with E-state index in [1.165, 1.54) is 0 Å². The van der Waals surface area contributed by atoms with Crippen molar-refractivity contribution in [3.63, 3.8) is 0 Å². The van der Waals surface area contributed by atoms with Crippen molar-refractivity contribution in [1.82, 2.24) is 9.97 Å². The Morgan fingerprint density at radius 3 is 2.75 bits per heavy atom. The molecule has 1 heterocycles. The molecule has 0 fully saturated rings. The van der Waals surface area contributed by atoms with Gasteiger partial charge in [-0.25, -0.2) is 4.98 Å². The zero-order chi connectivity index (χ0) is 12.0. The molecule has 0 saturated heterocycles. The van der Waals surface area contributed by atoms with Gasteiger partial charge in [-0.15, -0.1) is 0 Å². The highest BCUT2D eigenvalue weighted by atomic mass is 79.9. The van der Waals surface area contributed by atoms with Crippen LogP contribution in [0.15, 0.2) is 4.47 Å². The number of aryl methyl sites for hydroxylation is 1. The van der Waals surface area contributed by atoms with Gasteiger partial charge in [0.05, 0.1) is 11.1 Å². The first kappa shape index (κ1) is 13.8. The van der Waals surface area contributed by atoms with Gasteiger partial charge in [-0.2, -0.15) is 0 Å². The Morgan fingerprint density at radius 1 is 1.38 bits per heavy atom. The van der Waals surface area contributed by atoms with Crippen molar-refractivity contribution in [1.29, 1.82) is 0 Å². The fourth-order valence-electron chi connectivity index (χ4n) is 1.41. The van der Waals surface area contributed by atoms with Gasteiger partial charge in [-0.3, -0.25) is 0 Å². The molecule has 1 aromatic rings. The molecule has 0 aliphatic heterocycles. The number of hydrogen-bond donors (Lipinski definition) is 1. The number of ether oxygens (including phenoxy) is 1. The Labute approximate surface area is 110 Å². The van der Waals surface area contributed by atoms with Gasteiger partial charge in [0.25, 0.3) is 0 Å². The van der Waals surface area contributed by atoms with Crippen LogP contribution >= 0.6 is 28.1 Å². The summed E-state index contributed by atoms with van der Waals surface area (Å²) in [5.74, 6) is 0.908. The first-order chi connectivity index (χ1) is 7.69. The molecule has 90 valence electrons. The molecule has 16 heavy (non-hydrogen) atoms. The van der Waals surface area contributed by atoms with Gasteiger partial charge in [0.1, 0.15) is 10.5 Å². The van der Waals surface area contributed by atoms with Gasteiger partial charge >= 0.3 is 0 Å². The van der Waals surface area contributed by atoms with Crippen LogP contribution in [-0.2, 0) is 17.6 Å². The lowest BCUT2D eigenvalue weighted by Gasteiger charge is -2.07. The van der Waals surface area contributed by atoms with Crippen molar-refractivity contribution < 1.29 is 4.74 Å². The lowest BCUT2D eigenvalue weighted by molar-refractivity contribution is 0.149. The summed E-state index contributed by atoms with van der Waals surface area (Å²) in [6.45, 7) is 5.55. The molecule has 0 spiro atoms. The molecule has 3 nitrogen and oxygen atoms in total. The molecule has 0 bridgehead atoms. The molecule has 1 aromatic heterocycles. The maximum Gasteiger partial charge on any atom is 0.144 e. The predicted octanol–water partition coefficient (Wildman–Crippen LogP) is 3.43. The van der Waals surface area contributed by atoms with E-state index in [2.05, 4.69) is 32.8 Å². The Hall–Kier alpha value is -0.260. The number of hydrogen-bond acceptors (Lipinski definition) is 3. The third kappa shape index (κ3) is 3.96. The predicted molar refractivity (Wildman–Crippen MR) is 71.3 cm³/mol. The molecule has 0 unspecified atom stereocenters. The van der Waals surface area contributed by atoms with Crippen molar-refractivity contribution in [2.24, 2.45) is 0 Å². The van der Waals surface area contributed by atoms with Gasteiger partial charge < -0.3 is 9.72 Å². The standard InChI is InChI=1S/C11H17BrN2OS/c1-3-5-8-10(12)11(16)14-9(13-8)6-7-15-4-2/h3-7H2,1-2H3,(H,13,14,16). The van der Waals surface area contributed by atoms with Gasteiger partial charge in [-0.1, -0.05) is 25.6 Å². The molecule has 1 N–H and O–H groups in total. The average molecular weight is 305 g/mol. The first-order valence-corrected chi connectivity index (χ1v) is 6.74. The van der Waals surface area contributed by atoms with Gasteiger partial charge in [0.15, 0.2) is 0 Å². The third-order valence-corrected chi connectivity index (χ3v) is 3.58. The Kier molecular flexibility index (Phi) is 6.16. The van der Waals surface area contributed by atoms with Crippen LogP contribution in [-0.4, -0.2) is 23.2 Å². The van der Waals surface area contributed by atoms with Gasteiger partial charge in [0, 0.05) is 18.7 Å². The highest BCUT2D eigenvalue weighted by Gasteiger charge is 2.05. The molecule has 0 saturated carbocycles. The summed E-state index contributed by atoms with van der Waals surface area (Å²) >= 11 is 8.67. The molecule has 0 aliphatic rings. The maximum absolute atomic E-state index is 5.30. The van der Waals surface area contributed by atoms with Gasteiger partial charge in [0.2, 0.25) is 0 Å². The van der Waals surface area contributed by atoms with Crippen LogP contribution < -0.4 is 0 Å². The number of H-pyrrole nitrogens is 1. The Morgan fingerprint density at radius 2 is 2.12 bits per heavy atom. The maximum atomic E-state index is 5.30. The fraction of sp³-hybridized carbons (Fsp3) is 0.636. The molecule has 1 rings (SSSR count). The van der Waals surface area contributed by atoms with Crippen molar-refractivity contribution in [2.75, 3.05) is 13.2 Å². The highest BCUT2D eigenvalue weighted by Crippen LogP contribution is 2.17. The zero-order valence-electron chi connectivity index (χ0n) is 9.68. The SMILES string of the molecule is CCCc1[nH]c(CCOCC)nc(=S)c1Br. The van der Waals surface area contributed by atoms with Crippen LogP contribution in [0.5, 0.6) is 0 Å². The number of aromatic amines is 1. The van der Waals surface area contributed by atoms with Crippen LogP contribution in [0.25, 0.3) is 0 Å². The van der Waals surface area contributed by atoms with E-state index in [9.17, 15) is 0 Å². The molecule has 0 aromatic carbocycles. The molecule has 5 heteroatoms. The van der Waals surface area contributed by atoms with Crippen LogP contribution in [0.1, 0.15) is 31.8 Å². The van der Waals surface area contributed by atoms with E-state index in [0.717, 1.165) is 41.9 Å². The Bertz CT molecular complexity index is 392. The summed E-state index contributed by atoms with van der Waals surface area (Å²) in [6.07, 6.45) is 2.84. The van der Waals surface area contributed by atoms with E-state index < -0.39 is 0 Å². The largest absolute Gasteiger partial charge is 0.381 e. The van der Waals surface area contributed by atoms with Crippen molar-refractivity contribution >= 4 is 28.1 Å². The third-order valence-electron chi connectivity index (χ3n) is 2.17. The second-order valence-electron chi connectivity index (χ2n) is 3.48. The lowest BCUT2D eigenvalue weighted by atomic mass is 10.2. The van der Waals surface area contributed by atoms with Crippen LogP contribution in [0.2, 0.25) is 0 Å². The minimum absolute atomic E-state index is 0.633. The molecular formula is C11H17BrN2OS. The smallest absolute Gasteiger partial charge is 0.144 e. The topological polar surface area (TPSA) is 37.9 Å². The van der Waals surface area contributed by atoms with Crippen molar-refractivity contribution in [3.8, 4) is 0 Å². The lowest BCUT2D eigenvalue weighted by Crippen LogP contribution is -2.06. The quantitative estimate of drug-likeness (QED) is 0.646. The molecule has 0 radical (unpaired) electrons. The summed E-state index contributed by atoms with van der Waals surface area (Å²) in [6, 6.07) is 0. The van der Waals surface area contributed by atoms with E-state index in [1.807, 2.05) is 6.92 Å². The number of nitrogens with zero attached hydrogens (tertiary/aromatic N) is 1. The van der Waals surface area contributed by atoms with E-state index in [-0.39, 0.29) is 0 Å². The fourth-order valence-corrected chi connectivity index (χ4v) is 2.03. The summed E-state index contributed by atoms with van der Waals surface area (Å²) in [4.78, 5) is 7.63. The van der Waals surface area contributed by atoms with Crippen LogP contribution in [0, 0.1) is 4.64 Å². The van der Waals surface area contributed by atoms with Crippen molar-refractivity contribution in [3.05, 3.63) is 20.6 Å². The summed E-state index contributed by atoms with van der Waals surface area (Å²) < 4.78 is 6.86. The van der Waals surface area contributed by atoms with Crippen LogP contribution in [0.3, 0.4) is 0 Å². The monoisotopic (exact) mass is 304 g/mol. The number of aromatic nitrogens is 2. The van der Waals surface area contributed by atoms with E-state index in [0.29, 0.717) is 11.2 Å². The minimum atomic E-state index is 0.633. The summed E-state index contributed by atoms with van der Waals surface area (Å²) in [7, 11) is 0. The van der Waals surface area contributed by atoms with Gasteiger partial charge in [-0.05, 0) is 29.3 Å². The molecular weight excluding hydrogens is 288 g/mol. The van der Waals surface area contributed by atoms with E-state index in [4.69, 9.17) is 17.0 Å². The van der Waals surface area contributed by atoms with E-state index in [1.54, 1.807) is 0 Å². The first-order valence-electron chi connectivity index (χ1n) is 5.54. The Balaban J connectivity index is 2.82. The number of rotatable bonds is 6. The highest BCUT2D eigenvalue weighted by molar-refractivity contribution is 9.10. The summed E-state index contributed by atoms with van der Waals surface area (Å²) in [5, 5.41) is 0. The molecule has 0 amide bonds. The zero-order valence-corrected chi connectivity index (χ0v) is 12.1. The normalized spacial score (nSPS) is 10.7. The van der Waals surface area contributed by atoms with Crippen molar-refractivity contribution in [2.45, 2.75) is 33.1 Å². The minimum Gasteiger partial charge on any atom is -0.381 e. The van der Waals surface area contributed by atoms with E-state index >= 15 is 0 Å². The second-order valence-corrected chi connectivity index (χ2v) is 4.66. The van der Waals surface area contributed by atoms with Crippen LogP contribution in [0.4, 0.5) is 0 Å². The molecule has 0 aliphatic carbocycles. The molecule has 0 atom stereocenters. The summed E-state index contributed by atoms with van der Waals surface area (Å²) in [5.41, 5.74) is 1.13. The average Bonchev–Trinajstić information content (AvgIpc) is 2.26. The number of nitrogens with one attached hydrogen (secondary N) is 1. The number of halogens is 1. The second kappa shape index (κ2) is 7.14.